The van der Waals surface area contributed by atoms with Crippen LogP contribution in [0.15, 0.2) is 18.6 Å². The predicted molar refractivity (Wildman–Crippen MR) is 70.3 cm³/mol. The Morgan fingerprint density at radius 1 is 1.53 bits per heavy atom. The van der Waals surface area contributed by atoms with Crippen molar-refractivity contribution in [1.29, 1.82) is 0 Å². The molecule has 1 aromatic rings. The number of nitrogens with zero attached hydrogens (tertiary/aromatic N) is 3. The lowest BCUT2D eigenvalue weighted by Crippen LogP contribution is -2.45. The molecule has 2 heterocycles. The number of hydrogen-bond donors (Lipinski definition) is 1. The molecule has 104 valence electrons. The normalized spacial score (nSPS) is 16.6. The van der Waals surface area contributed by atoms with Gasteiger partial charge in [-0.05, 0) is 18.9 Å². The quantitative estimate of drug-likeness (QED) is 0.823. The predicted octanol–water partition coefficient (Wildman–Crippen LogP) is 0.204. The zero-order valence-corrected chi connectivity index (χ0v) is 11.2. The van der Waals surface area contributed by atoms with Crippen LogP contribution in [-0.2, 0) is 16.1 Å². The molecule has 0 bridgehead atoms. The van der Waals surface area contributed by atoms with Crippen LogP contribution in [0.25, 0.3) is 0 Å². The number of carbonyl (C=O) groups excluding carboxylic acids is 1. The SMILES string of the molecule is COCC(=O)N1CCC(NCc2ccncn2)CC1. The number of rotatable bonds is 5. The molecule has 0 aromatic carbocycles. The van der Waals surface area contributed by atoms with E-state index in [1.807, 2.05) is 11.0 Å². The summed E-state index contributed by atoms with van der Waals surface area (Å²) in [6, 6.07) is 2.35. The van der Waals surface area contributed by atoms with Gasteiger partial charge < -0.3 is 15.0 Å². The third-order valence-electron chi connectivity index (χ3n) is 3.33. The Morgan fingerprint density at radius 3 is 2.95 bits per heavy atom. The number of methoxy groups -OCH3 is 1. The van der Waals surface area contributed by atoms with Crippen molar-refractivity contribution in [2.75, 3.05) is 26.8 Å². The maximum Gasteiger partial charge on any atom is 0.248 e. The van der Waals surface area contributed by atoms with E-state index in [-0.39, 0.29) is 12.5 Å². The van der Waals surface area contributed by atoms with Crippen molar-refractivity contribution in [2.45, 2.75) is 25.4 Å². The van der Waals surface area contributed by atoms with E-state index >= 15 is 0 Å². The first-order chi connectivity index (χ1) is 9.29. The maximum absolute atomic E-state index is 11.6. The smallest absolute Gasteiger partial charge is 0.248 e. The molecule has 0 radical (unpaired) electrons. The van der Waals surface area contributed by atoms with Crippen LogP contribution in [0.2, 0.25) is 0 Å². The highest BCUT2D eigenvalue weighted by atomic mass is 16.5. The summed E-state index contributed by atoms with van der Waals surface area (Å²) in [4.78, 5) is 21.6. The van der Waals surface area contributed by atoms with Gasteiger partial charge in [0.1, 0.15) is 12.9 Å². The van der Waals surface area contributed by atoms with Crippen molar-refractivity contribution >= 4 is 5.91 Å². The van der Waals surface area contributed by atoms with Crippen molar-refractivity contribution in [2.24, 2.45) is 0 Å². The Hall–Kier alpha value is -1.53. The van der Waals surface area contributed by atoms with Gasteiger partial charge in [-0.1, -0.05) is 0 Å². The van der Waals surface area contributed by atoms with Crippen molar-refractivity contribution < 1.29 is 9.53 Å². The molecular formula is C13H20N4O2. The van der Waals surface area contributed by atoms with E-state index < -0.39 is 0 Å². The molecule has 6 heteroatoms. The molecule has 1 fully saturated rings. The van der Waals surface area contributed by atoms with Crippen LogP contribution < -0.4 is 5.32 Å². The molecule has 1 saturated heterocycles. The lowest BCUT2D eigenvalue weighted by atomic mass is 10.0. The lowest BCUT2D eigenvalue weighted by Gasteiger charge is -2.32. The summed E-state index contributed by atoms with van der Waals surface area (Å²) in [6.07, 6.45) is 5.25. The highest BCUT2D eigenvalue weighted by Gasteiger charge is 2.22. The molecule has 1 amide bonds. The third kappa shape index (κ3) is 4.25. The maximum atomic E-state index is 11.6. The van der Waals surface area contributed by atoms with E-state index in [1.165, 1.54) is 0 Å². The second-order valence-corrected chi connectivity index (χ2v) is 4.67. The minimum atomic E-state index is 0.0803. The zero-order valence-electron chi connectivity index (χ0n) is 11.2. The van der Waals surface area contributed by atoms with Crippen molar-refractivity contribution in [3.05, 3.63) is 24.3 Å². The van der Waals surface area contributed by atoms with Crippen LogP contribution in [0.4, 0.5) is 0 Å². The molecule has 6 nitrogen and oxygen atoms in total. The van der Waals surface area contributed by atoms with Crippen molar-refractivity contribution in [1.82, 2.24) is 20.2 Å². The van der Waals surface area contributed by atoms with Crippen LogP contribution in [0.1, 0.15) is 18.5 Å². The minimum Gasteiger partial charge on any atom is -0.375 e. The van der Waals surface area contributed by atoms with E-state index in [0.717, 1.165) is 38.2 Å². The molecule has 1 aromatic heterocycles. The monoisotopic (exact) mass is 264 g/mol. The van der Waals surface area contributed by atoms with Crippen LogP contribution >= 0.6 is 0 Å². The van der Waals surface area contributed by atoms with Crippen LogP contribution in [0, 0.1) is 0 Å². The number of hydrogen-bond acceptors (Lipinski definition) is 5. The Balaban J connectivity index is 1.70. The summed E-state index contributed by atoms with van der Waals surface area (Å²) in [7, 11) is 1.55. The van der Waals surface area contributed by atoms with E-state index in [4.69, 9.17) is 4.74 Å². The van der Waals surface area contributed by atoms with Gasteiger partial charge in [-0.3, -0.25) is 4.79 Å². The first-order valence-electron chi connectivity index (χ1n) is 6.54. The number of piperidine rings is 1. The summed E-state index contributed by atoms with van der Waals surface area (Å²) >= 11 is 0. The second kappa shape index (κ2) is 7.16. The second-order valence-electron chi connectivity index (χ2n) is 4.67. The molecule has 1 aliphatic heterocycles. The first-order valence-corrected chi connectivity index (χ1v) is 6.54. The van der Waals surface area contributed by atoms with Gasteiger partial charge in [0.2, 0.25) is 5.91 Å². The number of ether oxygens (including phenoxy) is 1. The molecule has 19 heavy (non-hydrogen) atoms. The molecular weight excluding hydrogens is 244 g/mol. The molecule has 0 saturated carbocycles. The largest absolute Gasteiger partial charge is 0.375 e. The Bertz CT molecular complexity index is 391. The number of amides is 1. The standard InChI is InChI=1S/C13H20N4O2/c1-19-9-13(18)17-6-3-11(4-7-17)15-8-12-2-5-14-10-16-12/h2,5,10-11,15H,3-4,6-9H2,1H3. The Labute approximate surface area is 113 Å². The summed E-state index contributed by atoms with van der Waals surface area (Å²) in [6.45, 7) is 2.52. The topological polar surface area (TPSA) is 67.3 Å². The van der Waals surface area contributed by atoms with Gasteiger partial charge >= 0.3 is 0 Å². The number of likely N-dealkylation sites (tertiary alicyclic amines) is 1. The average Bonchev–Trinajstić information content (AvgIpc) is 2.47. The van der Waals surface area contributed by atoms with Gasteiger partial charge in [-0.15, -0.1) is 0 Å². The molecule has 1 N–H and O–H groups in total. The van der Waals surface area contributed by atoms with E-state index in [0.29, 0.717) is 6.04 Å². The van der Waals surface area contributed by atoms with Gasteiger partial charge in [0, 0.05) is 39.0 Å². The van der Waals surface area contributed by atoms with Gasteiger partial charge in [0.25, 0.3) is 0 Å². The van der Waals surface area contributed by atoms with Gasteiger partial charge in [-0.2, -0.15) is 0 Å². The summed E-state index contributed by atoms with van der Waals surface area (Å²) in [5.74, 6) is 0.0803. The fourth-order valence-electron chi connectivity index (χ4n) is 2.22. The first kappa shape index (κ1) is 13.9. The van der Waals surface area contributed by atoms with Crippen LogP contribution in [0.3, 0.4) is 0 Å². The molecule has 0 spiro atoms. The van der Waals surface area contributed by atoms with E-state index in [1.54, 1.807) is 19.6 Å². The highest BCUT2D eigenvalue weighted by Crippen LogP contribution is 2.11. The van der Waals surface area contributed by atoms with Gasteiger partial charge in [-0.25, -0.2) is 9.97 Å². The van der Waals surface area contributed by atoms with Crippen LogP contribution in [0.5, 0.6) is 0 Å². The van der Waals surface area contributed by atoms with Gasteiger partial charge in [0.15, 0.2) is 0 Å². The highest BCUT2D eigenvalue weighted by molar-refractivity contribution is 5.77. The Morgan fingerprint density at radius 2 is 2.32 bits per heavy atom. The van der Waals surface area contributed by atoms with Crippen molar-refractivity contribution in [3.8, 4) is 0 Å². The minimum absolute atomic E-state index is 0.0803. The number of nitrogens with one attached hydrogen (secondary N) is 1. The van der Waals surface area contributed by atoms with Crippen molar-refractivity contribution in [3.63, 3.8) is 0 Å². The number of aromatic nitrogens is 2. The average molecular weight is 264 g/mol. The fraction of sp³-hybridized carbons (Fsp3) is 0.615. The summed E-state index contributed by atoms with van der Waals surface area (Å²) in [5, 5.41) is 3.47. The molecule has 2 rings (SSSR count). The zero-order chi connectivity index (χ0) is 13.5. The van der Waals surface area contributed by atoms with Gasteiger partial charge in [0.05, 0.1) is 5.69 Å². The number of carbonyl (C=O) groups is 1. The van der Waals surface area contributed by atoms with Crippen LogP contribution in [-0.4, -0.2) is 53.6 Å². The summed E-state index contributed by atoms with van der Waals surface area (Å²) < 4.78 is 4.87. The third-order valence-corrected chi connectivity index (χ3v) is 3.33. The summed E-state index contributed by atoms with van der Waals surface area (Å²) in [5.41, 5.74) is 0.993. The van der Waals surface area contributed by atoms with E-state index in [2.05, 4.69) is 15.3 Å². The molecule has 0 unspecified atom stereocenters. The lowest BCUT2D eigenvalue weighted by molar-refractivity contribution is -0.136. The fourth-order valence-corrected chi connectivity index (χ4v) is 2.22. The molecule has 1 aliphatic rings. The molecule has 0 atom stereocenters. The Kier molecular flexibility index (Phi) is 5.23. The molecule has 0 aliphatic carbocycles. The van der Waals surface area contributed by atoms with E-state index in [9.17, 15) is 4.79 Å².